The fourth-order valence-electron chi connectivity index (χ4n) is 5.21. The second kappa shape index (κ2) is 9.40. The quantitative estimate of drug-likeness (QED) is 0.274. The molecule has 6 rings (SSSR count). The van der Waals surface area contributed by atoms with E-state index in [4.69, 9.17) is 11.6 Å². The summed E-state index contributed by atoms with van der Waals surface area (Å²) >= 11 is 6.31. The average Bonchev–Trinajstić information content (AvgIpc) is 3.62. The highest BCUT2D eigenvalue weighted by molar-refractivity contribution is 6.31. The largest absolute Gasteiger partial charge is 0.416 e. The van der Waals surface area contributed by atoms with E-state index in [1.165, 1.54) is 16.7 Å². The summed E-state index contributed by atoms with van der Waals surface area (Å²) in [6.07, 6.45) is -3.74. The highest BCUT2D eigenvalue weighted by Crippen LogP contribution is 2.45. The fraction of sp³-hybridized carbons (Fsp3) is 0.222. The van der Waals surface area contributed by atoms with Gasteiger partial charge in [-0.25, -0.2) is 18.0 Å². The maximum Gasteiger partial charge on any atom is 0.416 e. The lowest BCUT2D eigenvalue weighted by atomic mass is 9.95. The second-order valence-corrected chi connectivity index (χ2v) is 10.2. The molecule has 0 spiro atoms. The molecule has 1 atom stereocenters. The van der Waals surface area contributed by atoms with Crippen LogP contribution < -0.4 is 16.3 Å². The van der Waals surface area contributed by atoms with Crippen molar-refractivity contribution in [3.05, 3.63) is 97.4 Å². The molecule has 1 aliphatic carbocycles. The number of benzene rings is 3. The fourth-order valence-corrected chi connectivity index (χ4v) is 5.44. The van der Waals surface area contributed by atoms with Gasteiger partial charge in [-0.2, -0.15) is 13.2 Å². The van der Waals surface area contributed by atoms with Crippen LogP contribution in [-0.2, 0) is 13.0 Å². The van der Waals surface area contributed by atoms with E-state index < -0.39 is 59.3 Å². The SMILES string of the molecule is O=C(Nc1cc2c(c3c1C(c1cc(F)ccc1Cl)NC3=O)n(CF)c(=O)n2C1CC1)c1cc(F)cc(C(F)(F)F)c1. The predicted octanol–water partition coefficient (Wildman–Crippen LogP) is 6.10. The van der Waals surface area contributed by atoms with Gasteiger partial charge < -0.3 is 10.6 Å². The van der Waals surface area contributed by atoms with Gasteiger partial charge in [0.2, 0.25) is 0 Å². The number of carbonyl (C=O) groups excluding carboxylic acids is 2. The number of imidazole rings is 1. The van der Waals surface area contributed by atoms with Crippen LogP contribution in [0.2, 0.25) is 5.02 Å². The number of aromatic nitrogens is 2. The zero-order valence-corrected chi connectivity index (χ0v) is 21.3. The molecule has 1 unspecified atom stereocenters. The Balaban J connectivity index is 1.60. The number of amides is 2. The molecule has 0 radical (unpaired) electrons. The Bertz CT molecular complexity index is 1840. The lowest BCUT2D eigenvalue weighted by molar-refractivity contribution is -0.137. The van der Waals surface area contributed by atoms with E-state index in [0.717, 1.165) is 16.7 Å². The van der Waals surface area contributed by atoms with Crippen molar-refractivity contribution < 1.29 is 35.9 Å². The molecule has 2 N–H and O–H groups in total. The van der Waals surface area contributed by atoms with Crippen LogP contribution in [0.5, 0.6) is 0 Å². The van der Waals surface area contributed by atoms with E-state index in [0.29, 0.717) is 25.0 Å². The third-order valence-electron chi connectivity index (χ3n) is 7.11. The summed E-state index contributed by atoms with van der Waals surface area (Å²) in [7, 11) is 0. The van der Waals surface area contributed by atoms with Gasteiger partial charge in [0.15, 0.2) is 6.80 Å². The first kappa shape index (κ1) is 26.9. The van der Waals surface area contributed by atoms with Crippen molar-refractivity contribution in [3.8, 4) is 0 Å². The van der Waals surface area contributed by atoms with Crippen molar-refractivity contribution >= 4 is 40.1 Å². The van der Waals surface area contributed by atoms with Gasteiger partial charge in [-0.15, -0.1) is 0 Å². The van der Waals surface area contributed by atoms with E-state index in [-0.39, 0.29) is 50.5 Å². The molecule has 212 valence electrons. The second-order valence-electron chi connectivity index (χ2n) is 9.76. The number of anilines is 1. The summed E-state index contributed by atoms with van der Waals surface area (Å²) in [5.74, 6) is -3.97. The molecule has 0 saturated heterocycles. The molecule has 1 saturated carbocycles. The van der Waals surface area contributed by atoms with E-state index >= 15 is 0 Å². The Morgan fingerprint density at radius 2 is 1.78 bits per heavy atom. The van der Waals surface area contributed by atoms with Crippen LogP contribution in [0.4, 0.5) is 32.0 Å². The molecule has 0 bridgehead atoms. The summed E-state index contributed by atoms with van der Waals surface area (Å²) in [5.41, 5.74) is -3.10. The first-order valence-corrected chi connectivity index (χ1v) is 12.6. The van der Waals surface area contributed by atoms with Gasteiger partial charge in [-0.05, 0) is 55.3 Å². The molecule has 14 heteroatoms. The maximum absolute atomic E-state index is 14.2. The first-order valence-electron chi connectivity index (χ1n) is 12.2. The Morgan fingerprint density at radius 3 is 2.44 bits per heavy atom. The van der Waals surface area contributed by atoms with Crippen LogP contribution in [0, 0.1) is 11.6 Å². The molecule has 7 nitrogen and oxygen atoms in total. The molecule has 1 aliphatic heterocycles. The molecular formula is C27H17ClF6N4O3. The molecule has 2 aliphatic rings. The van der Waals surface area contributed by atoms with Crippen LogP contribution in [0.1, 0.15) is 62.3 Å². The third-order valence-corrected chi connectivity index (χ3v) is 7.46. The number of nitrogens with one attached hydrogen (secondary N) is 2. The van der Waals surface area contributed by atoms with Crippen molar-refractivity contribution in [1.29, 1.82) is 0 Å². The van der Waals surface area contributed by atoms with Crippen LogP contribution in [0.3, 0.4) is 0 Å². The third kappa shape index (κ3) is 4.44. The number of nitrogens with zero attached hydrogens (tertiary/aromatic N) is 2. The van der Waals surface area contributed by atoms with Gasteiger partial charge in [-0.1, -0.05) is 11.6 Å². The Morgan fingerprint density at radius 1 is 1.05 bits per heavy atom. The van der Waals surface area contributed by atoms with Gasteiger partial charge in [0.1, 0.15) is 11.6 Å². The first-order chi connectivity index (χ1) is 19.4. The molecule has 41 heavy (non-hydrogen) atoms. The van der Waals surface area contributed by atoms with E-state index in [1.807, 2.05) is 0 Å². The molecule has 2 heterocycles. The standard InChI is InChI=1S/C27H17ClF6N4O3/c28-17-4-1-13(30)8-16(17)22-20-18(35-24(39)11-5-12(27(32,33)34)7-14(31)6-11)9-19-23(21(20)25(40)36-22)37(10-29)26(41)38(19)15-2-3-15/h1,4-9,15,22H,2-3,10H2,(H,35,39)(H,36,40). The normalized spacial score (nSPS) is 16.7. The summed E-state index contributed by atoms with van der Waals surface area (Å²) in [4.78, 5) is 39.7. The minimum Gasteiger partial charge on any atom is -0.341 e. The lowest BCUT2D eigenvalue weighted by Gasteiger charge is -2.19. The molecule has 3 aromatic carbocycles. The van der Waals surface area contributed by atoms with Crippen molar-refractivity contribution in [1.82, 2.24) is 14.5 Å². The molecule has 1 aromatic heterocycles. The highest BCUT2D eigenvalue weighted by atomic mass is 35.5. The van der Waals surface area contributed by atoms with Crippen LogP contribution in [0.25, 0.3) is 11.0 Å². The Hall–Kier alpha value is -4.26. The molecule has 2 amide bonds. The van der Waals surface area contributed by atoms with Crippen LogP contribution in [-0.4, -0.2) is 20.9 Å². The summed E-state index contributed by atoms with van der Waals surface area (Å²) in [6.45, 7) is -1.28. The van der Waals surface area contributed by atoms with Crippen LogP contribution in [0.15, 0.2) is 47.3 Å². The topological polar surface area (TPSA) is 85.1 Å². The van der Waals surface area contributed by atoms with Gasteiger partial charge in [0, 0.05) is 33.4 Å². The number of hydrogen-bond donors (Lipinski definition) is 2. The number of fused-ring (bicyclic) bond motifs is 3. The van der Waals surface area contributed by atoms with Gasteiger partial charge in [0.05, 0.1) is 28.2 Å². The van der Waals surface area contributed by atoms with Gasteiger partial charge in [-0.3, -0.25) is 18.7 Å². The van der Waals surface area contributed by atoms with Crippen molar-refractivity contribution in [2.45, 2.75) is 37.9 Å². The van der Waals surface area contributed by atoms with E-state index in [1.54, 1.807) is 0 Å². The number of hydrogen-bond acceptors (Lipinski definition) is 3. The minimum absolute atomic E-state index is 0.0223. The molecule has 4 aromatic rings. The summed E-state index contributed by atoms with van der Waals surface area (Å²) < 4.78 is 84.4. The molecular weight excluding hydrogens is 578 g/mol. The zero-order chi connectivity index (χ0) is 29.4. The van der Waals surface area contributed by atoms with E-state index in [9.17, 15) is 40.7 Å². The summed E-state index contributed by atoms with van der Waals surface area (Å²) in [5, 5.41) is 5.07. The number of rotatable bonds is 5. The monoisotopic (exact) mass is 594 g/mol. The molecule has 1 fully saturated rings. The maximum atomic E-state index is 14.2. The van der Waals surface area contributed by atoms with Crippen molar-refractivity contribution in [2.75, 3.05) is 5.32 Å². The number of halogens is 7. The predicted molar refractivity (Wildman–Crippen MR) is 136 cm³/mol. The Kier molecular flexibility index (Phi) is 6.18. The number of alkyl halides is 4. The van der Waals surface area contributed by atoms with Gasteiger partial charge >= 0.3 is 11.9 Å². The van der Waals surface area contributed by atoms with Gasteiger partial charge in [0.25, 0.3) is 11.8 Å². The smallest absolute Gasteiger partial charge is 0.341 e. The van der Waals surface area contributed by atoms with Crippen LogP contribution >= 0.6 is 11.6 Å². The Labute approximate surface area is 231 Å². The van der Waals surface area contributed by atoms with E-state index in [2.05, 4.69) is 10.6 Å². The lowest BCUT2D eigenvalue weighted by Crippen LogP contribution is -2.23. The highest BCUT2D eigenvalue weighted by Gasteiger charge is 2.40. The zero-order valence-electron chi connectivity index (χ0n) is 20.6. The van der Waals surface area contributed by atoms with Crippen molar-refractivity contribution in [2.24, 2.45) is 0 Å². The minimum atomic E-state index is -4.94. The number of carbonyl (C=O) groups is 2. The average molecular weight is 595 g/mol. The summed E-state index contributed by atoms with van der Waals surface area (Å²) in [6, 6.07) is 4.45. The van der Waals surface area contributed by atoms with Crippen molar-refractivity contribution in [3.63, 3.8) is 0 Å².